The second-order valence-electron chi connectivity index (χ2n) is 7.78. The minimum atomic E-state index is -3.63. The second-order valence-corrected chi connectivity index (χ2v) is 10.8. The van der Waals surface area contributed by atoms with Crippen molar-refractivity contribution >= 4 is 44.9 Å². The first-order valence-electron chi connectivity index (χ1n) is 10.6. The van der Waals surface area contributed by atoms with Gasteiger partial charge in [0.15, 0.2) is 0 Å². The molecule has 2 amide bonds. The van der Waals surface area contributed by atoms with Gasteiger partial charge in [-0.05, 0) is 55.3 Å². The van der Waals surface area contributed by atoms with Crippen molar-refractivity contribution in [3.05, 3.63) is 66.7 Å². The van der Waals surface area contributed by atoms with Gasteiger partial charge in [0.05, 0.1) is 29.1 Å². The summed E-state index contributed by atoms with van der Waals surface area (Å²) in [5.74, 6) is 0.386. The van der Waals surface area contributed by atoms with Crippen LogP contribution in [0.25, 0.3) is 0 Å². The molecule has 9 heteroatoms. The van der Waals surface area contributed by atoms with E-state index in [1.54, 1.807) is 22.7 Å². The molecule has 0 aliphatic carbocycles. The predicted molar refractivity (Wildman–Crippen MR) is 129 cm³/mol. The van der Waals surface area contributed by atoms with Gasteiger partial charge in [0.1, 0.15) is 5.75 Å². The highest BCUT2D eigenvalue weighted by atomic mass is 32.2. The van der Waals surface area contributed by atoms with Crippen LogP contribution in [0, 0.1) is 0 Å². The Bertz CT molecular complexity index is 1280. The summed E-state index contributed by atoms with van der Waals surface area (Å²) in [4.78, 5) is 17.2. The molecule has 3 aromatic rings. The van der Waals surface area contributed by atoms with Crippen LogP contribution in [0.2, 0.25) is 0 Å². The summed E-state index contributed by atoms with van der Waals surface area (Å²) in [6.07, 6.45) is 1.70. The number of nitrogens with zero attached hydrogens (tertiary/aromatic N) is 2. The first-order valence-corrected chi connectivity index (χ1v) is 12.9. The highest BCUT2D eigenvalue weighted by Crippen LogP contribution is 2.48. The Hall–Kier alpha value is -3.01. The molecule has 7 nitrogen and oxygen atoms in total. The Morgan fingerprint density at radius 3 is 2.15 bits per heavy atom. The van der Waals surface area contributed by atoms with Crippen LogP contribution in [0.3, 0.4) is 0 Å². The highest BCUT2D eigenvalue weighted by Gasteiger charge is 2.30. The number of para-hydroxylation sites is 2. The van der Waals surface area contributed by atoms with Crippen molar-refractivity contribution in [3.8, 4) is 5.75 Å². The highest BCUT2D eigenvalue weighted by molar-refractivity contribution is 7.99. The van der Waals surface area contributed by atoms with Crippen molar-refractivity contribution in [1.82, 2.24) is 4.31 Å². The fourth-order valence-corrected chi connectivity index (χ4v) is 6.72. The number of ether oxygens (including phenoxy) is 1. The summed E-state index contributed by atoms with van der Waals surface area (Å²) in [5.41, 5.74) is 1.83. The number of methoxy groups -OCH3 is 1. The van der Waals surface area contributed by atoms with E-state index in [1.807, 2.05) is 48.5 Å². The number of hydrogen-bond donors (Lipinski definition) is 1. The third kappa shape index (κ3) is 3.96. The van der Waals surface area contributed by atoms with E-state index in [-0.39, 0.29) is 4.90 Å². The minimum Gasteiger partial charge on any atom is -0.495 e. The Morgan fingerprint density at radius 2 is 1.55 bits per heavy atom. The first-order chi connectivity index (χ1) is 16.0. The lowest BCUT2D eigenvalue weighted by Crippen LogP contribution is -2.33. The number of nitrogens with one attached hydrogen (secondary N) is 1. The predicted octanol–water partition coefficient (Wildman–Crippen LogP) is 5.31. The zero-order chi connectivity index (χ0) is 23.0. The number of fused-ring (bicyclic) bond motifs is 2. The van der Waals surface area contributed by atoms with Gasteiger partial charge in [0.2, 0.25) is 10.0 Å². The van der Waals surface area contributed by atoms with Crippen LogP contribution >= 0.6 is 11.8 Å². The van der Waals surface area contributed by atoms with E-state index in [4.69, 9.17) is 4.74 Å². The molecule has 0 aromatic heterocycles. The Labute approximate surface area is 197 Å². The molecule has 1 N–H and O–H groups in total. The average Bonchev–Trinajstić information content (AvgIpc) is 3.38. The zero-order valence-electron chi connectivity index (χ0n) is 18.0. The number of anilines is 3. The third-order valence-corrected chi connectivity index (χ3v) is 8.78. The lowest BCUT2D eigenvalue weighted by molar-refractivity contribution is 0.258. The van der Waals surface area contributed by atoms with Gasteiger partial charge in [-0.3, -0.25) is 4.90 Å². The van der Waals surface area contributed by atoms with Crippen molar-refractivity contribution in [3.63, 3.8) is 0 Å². The standard InChI is InChI=1S/C24H23N3O4S2/c1-31-21-13-12-17(33(29,30)26-14-6-7-15-26)16-18(21)25-24(28)27-19-8-2-4-10-22(19)32-23-11-5-3-9-20(23)27/h2-5,8-13,16H,6-7,14-15H2,1H3,(H,25,28). The summed E-state index contributed by atoms with van der Waals surface area (Å²) >= 11 is 1.61. The van der Waals surface area contributed by atoms with Crippen LogP contribution < -0.4 is 15.0 Å². The van der Waals surface area contributed by atoms with E-state index in [0.717, 1.165) is 34.0 Å². The van der Waals surface area contributed by atoms with E-state index < -0.39 is 16.1 Å². The number of sulfonamides is 1. The molecule has 2 aliphatic heterocycles. The van der Waals surface area contributed by atoms with Crippen LogP contribution in [0.5, 0.6) is 5.75 Å². The van der Waals surface area contributed by atoms with E-state index >= 15 is 0 Å². The number of benzene rings is 3. The molecule has 1 fully saturated rings. The fraction of sp³-hybridized carbons (Fsp3) is 0.208. The molecule has 0 spiro atoms. The Kier molecular flexibility index (Phi) is 5.77. The van der Waals surface area contributed by atoms with Gasteiger partial charge in [-0.1, -0.05) is 36.0 Å². The van der Waals surface area contributed by atoms with Crippen molar-refractivity contribution in [2.45, 2.75) is 27.5 Å². The zero-order valence-corrected chi connectivity index (χ0v) is 19.7. The number of rotatable bonds is 4. The van der Waals surface area contributed by atoms with Gasteiger partial charge in [-0.2, -0.15) is 4.31 Å². The molecule has 0 unspecified atom stereocenters. The van der Waals surface area contributed by atoms with Crippen molar-refractivity contribution in [2.24, 2.45) is 0 Å². The van der Waals surface area contributed by atoms with Gasteiger partial charge in [0, 0.05) is 22.9 Å². The van der Waals surface area contributed by atoms with E-state index in [9.17, 15) is 13.2 Å². The molecule has 3 aromatic carbocycles. The largest absolute Gasteiger partial charge is 0.495 e. The monoisotopic (exact) mass is 481 g/mol. The van der Waals surface area contributed by atoms with Crippen molar-refractivity contribution < 1.29 is 17.9 Å². The maximum absolute atomic E-state index is 13.6. The summed E-state index contributed by atoms with van der Waals surface area (Å²) in [6, 6.07) is 19.5. The Morgan fingerprint density at radius 1 is 0.939 bits per heavy atom. The second kappa shape index (κ2) is 8.74. The third-order valence-electron chi connectivity index (χ3n) is 5.75. The van der Waals surface area contributed by atoms with E-state index in [0.29, 0.717) is 24.5 Å². The van der Waals surface area contributed by atoms with Gasteiger partial charge in [0.25, 0.3) is 0 Å². The number of carbonyl (C=O) groups is 1. The van der Waals surface area contributed by atoms with Crippen molar-refractivity contribution in [1.29, 1.82) is 0 Å². The maximum Gasteiger partial charge on any atom is 0.331 e. The lowest BCUT2D eigenvalue weighted by Gasteiger charge is -2.31. The molecule has 2 heterocycles. The van der Waals surface area contributed by atoms with E-state index in [2.05, 4.69) is 5.32 Å². The number of amides is 2. The van der Waals surface area contributed by atoms with Crippen LogP contribution in [0.15, 0.2) is 81.4 Å². The van der Waals surface area contributed by atoms with Crippen LogP contribution in [0.4, 0.5) is 21.9 Å². The molecule has 0 atom stereocenters. The first kappa shape index (κ1) is 21.8. The molecular formula is C24H23N3O4S2. The molecule has 2 aliphatic rings. The summed E-state index contributed by atoms with van der Waals surface area (Å²) in [6.45, 7) is 1.02. The van der Waals surface area contributed by atoms with Crippen LogP contribution in [-0.2, 0) is 10.0 Å². The molecule has 1 saturated heterocycles. The van der Waals surface area contributed by atoms with Crippen LogP contribution in [0.1, 0.15) is 12.8 Å². The SMILES string of the molecule is COc1ccc(S(=O)(=O)N2CCCC2)cc1NC(=O)N1c2ccccc2Sc2ccccc21. The number of carbonyl (C=O) groups excluding carboxylic acids is 1. The molecule has 33 heavy (non-hydrogen) atoms. The molecular weight excluding hydrogens is 458 g/mol. The molecule has 0 radical (unpaired) electrons. The van der Waals surface area contributed by atoms with Gasteiger partial charge < -0.3 is 10.1 Å². The average molecular weight is 482 g/mol. The smallest absolute Gasteiger partial charge is 0.331 e. The minimum absolute atomic E-state index is 0.135. The molecule has 0 bridgehead atoms. The van der Waals surface area contributed by atoms with Gasteiger partial charge in [-0.15, -0.1) is 0 Å². The van der Waals surface area contributed by atoms with E-state index in [1.165, 1.54) is 23.5 Å². The topological polar surface area (TPSA) is 79.0 Å². The molecule has 5 rings (SSSR count). The summed E-state index contributed by atoms with van der Waals surface area (Å²) < 4.78 is 33.0. The van der Waals surface area contributed by atoms with Crippen LogP contribution in [-0.4, -0.2) is 39.0 Å². The maximum atomic E-state index is 13.6. The summed E-state index contributed by atoms with van der Waals surface area (Å²) in [5, 5.41) is 2.89. The number of urea groups is 1. The van der Waals surface area contributed by atoms with Gasteiger partial charge >= 0.3 is 6.03 Å². The Balaban J connectivity index is 1.52. The lowest BCUT2D eigenvalue weighted by atomic mass is 10.2. The fourth-order valence-electron chi connectivity index (χ4n) is 4.12. The molecule has 0 saturated carbocycles. The summed E-state index contributed by atoms with van der Waals surface area (Å²) in [7, 11) is -2.15. The van der Waals surface area contributed by atoms with Gasteiger partial charge in [-0.25, -0.2) is 13.2 Å². The normalized spacial score (nSPS) is 15.6. The number of hydrogen-bond acceptors (Lipinski definition) is 5. The molecule has 170 valence electrons. The van der Waals surface area contributed by atoms with Crippen molar-refractivity contribution in [2.75, 3.05) is 30.4 Å². The quantitative estimate of drug-likeness (QED) is 0.546.